The number of hydrazine groups is 1. The number of nitrogens with one attached hydrogen (secondary N) is 2. The van der Waals surface area contributed by atoms with E-state index in [4.69, 9.17) is 0 Å². The van der Waals surface area contributed by atoms with Crippen molar-refractivity contribution in [2.24, 2.45) is 0 Å². The van der Waals surface area contributed by atoms with Crippen molar-refractivity contribution in [2.75, 3.05) is 18.1 Å². The van der Waals surface area contributed by atoms with Crippen molar-refractivity contribution in [1.29, 1.82) is 0 Å². The van der Waals surface area contributed by atoms with E-state index in [1.54, 1.807) is 42.5 Å². The first-order valence-corrected chi connectivity index (χ1v) is 8.35. The van der Waals surface area contributed by atoms with Crippen LogP contribution in [0.25, 0.3) is 0 Å². The van der Waals surface area contributed by atoms with Crippen molar-refractivity contribution in [2.45, 2.75) is 18.8 Å². The van der Waals surface area contributed by atoms with Gasteiger partial charge in [-0.25, -0.2) is 4.79 Å². The molecule has 0 radical (unpaired) electrons. The largest absolute Gasteiger partial charge is 0.463 e. The highest BCUT2D eigenvalue weighted by molar-refractivity contribution is 5.99. The van der Waals surface area contributed by atoms with Crippen LogP contribution < -0.4 is 15.8 Å². The van der Waals surface area contributed by atoms with E-state index in [2.05, 4.69) is 10.7 Å². The van der Waals surface area contributed by atoms with E-state index in [-0.39, 0.29) is 0 Å². The maximum atomic E-state index is 12.4. The predicted octanol–water partition coefficient (Wildman–Crippen LogP) is 2.98. The molecule has 6 heteroatoms. The molecular weight excluding hydrogens is 318 g/mol. The van der Waals surface area contributed by atoms with Crippen molar-refractivity contribution < 1.29 is 14.7 Å². The molecule has 0 aromatic heterocycles. The first kappa shape index (κ1) is 17.0. The van der Waals surface area contributed by atoms with Crippen molar-refractivity contribution >= 4 is 17.7 Å². The summed E-state index contributed by atoms with van der Waals surface area (Å²) in [4.78, 5) is 23.8. The van der Waals surface area contributed by atoms with Gasteiger partial charge in [-0.05, 0) is 61.7 Å². The van der Waals surface area contributed by atoms with Gasteiger partial charge in [-0.15, -0.1) is 0 Å². The van der Waals surface area contributed by atoms with Crippen LogP contribution in [0.2, 0.25) is 0 Å². The predicted molar refractivity (Wildman–Crippen MR) is 95.7 cm³/mol. The standard InChI is InChI=1S/C19H21N3O3/c23-18(21-22(19(24)25)17-4-2-1-3-5-17)16-8-6-14(7-9-16)15-10-12-20-13-11-15/h1-9,15,20H,10-13H2,(H,21,23)(H,24,25). The number of hydrogen-bond donors (Lipinski definition) is 3. The van der Waals surface area contributed by atoms with Crippen LogP contribution in [-0.4, -0.2) is 30.2 Å². The fourth-order valence-electron chi connectivity index (χ4n) is 3.03. The Bertz CT molecular complexity index is 725. The number of piperidine rings is 1. The summed E-state index contributed by atoms with van der Waals surface area (Å²) in [5.74, 6) is 0.0568. The summed E-state index contributed by atoms with van der Waals surface area (Å²) >= 11 is 0. The topological polar surface area (TPSA) is 81.7 Å². The summed E-state index contributed by atoms with van der Waals surface area (Å²) in [5, 5.41) is 13.5. The zero-order valence-electron chi connectivity index (χ0n) is 13.8. The van der Waals surface area contributed by atoms with E-state index >= 15 is 0 Å². The number of rotatable bonds is 3. The monoisotopic (exact) mass is 339 g/mol. The van der Waals surface area contributed by atoms with Gasteiger partial charge in [0.1, 0.15) is 0 Å². The van der Waals surface area contributed by atoms with E-state index < -0.39 is 12.0 Å². The number of amides is 2. The first-order valence-electron chi connectivity index (χ1n) is 8.35. The van der Waals surface area contributed by atoms with Gasteiger partial charge in [0.2, 0.25) is 0 Å². The SMILES string of the molecule is O=C(NN(C(=O)O)c1ccccc1)c1ccc(C2CCNCC2)cc1. The van der Waals surface area contributed by atoms with Crippen LogP contribution in [0.3, 0.4) is 0 Å². The summed E-state index contributed by atoms with van der Waals surface area (Å²) in [6.07, 6.45) is 0.935. The second kappa shape index (κ2) is 7.81. The fraction of sp³-hybridized carbons (Fsp3) is 0.263. The highest BCUT2D eigenvalue weighted by Gasteiger charge is 2.19. The van der Waals surface area contributed by atoms with Gasteiger partial charge in [-0.1, -0.05) is 30.3 Å². The molecule has 0 saturated carbocycles. The number of carboxylic acid groups (broad SMARTS) is 1. The van der Waals surface area contributed by atoms with Crippen molar-refractivity contribution in [1.82, 2.24) is 10.7 Å². The number of carbonyl (C=O) groups excluding carboxylic acids is 1. The number of anilines is 1. The summed E-state index contributed by atoms with van der Waals surface area (Å²) in [6.45, 7) is 2.02. The molecule has 2 aromatic rings. The van der Waals surface area contributed by atoms with Gasteiger partial charge in [0, 0.05) is 5.56 Å². The average Bonchev–Trinajstić information content (AvgIpc) is 2.67. The van der Waals surface area contributed by atoms with Crippen molar-refractivity contribution in [3.8, 4) is 0 Å². The van der Waals surface area contributed by atoms with E-state index in [0.29, 0.717) is 17.2 Å². The van der Waals surface area contributed by atoms with Crippen LogP contribution in [0.1, 0.15) is 34.7 Å². The Kier molecular flexibility index (Phi) is 5.30. The first-order chi connectivity index (χ1) is 12.1. The van der Waals surface area contributed by atoms with Crippen LogP contribution >= 0.6 is 0 Å². The van der Waals surface area contributed by atoms with Gasteiger partial charge in [0.25, 0.3) is 5.91 Å². The third-order valence-electron chi connectivity index (χ3n) is 4.40. The number of para-hydroxylation sites is 1. The molecule has 1 fully saturated rings. The smallest absolute Gasteiger partial charge is 0.431 e. The minimum absolute atomic E-state index is 0.384. The maximum Gasteiger partial charge on any atom is 0.431 e. The van der Waals surface area contributed by atoms with Crippen LogP contribution in [0, 0.1) is 0 Å². The molecule has 1 aliphatic heterocycles. The van der Waals surface area contributed by atoms with Crippen molar-refractivity contribution in [3.63, 3.8) is 0 Å². The molecule has 1 heterocycles. The number of nitrogens with zero attached hydrogens (tertiary/aromatic N) is 1. The Morgan fingerprint density at radius 2 is 1.64 bits per heavy atom. The Labute approximate surface area is 146 Å². The lowest BCUT2D eigenvalue weighted by atomic mass is 9.90. The van der Waals surface area contributed by atoms with Gasteiger partial charge in [0.05, 0.1) is 5.69 Å². The van der Waals surface area contributed by atoms with Gasteiger partial charge in [0.15, 0.2) is 0 Å². The maximum absolute atomic E-state index is 12.4. The molecule has 2 amide bonds. The quantitative estimate of drug-likeness (QED) is 0.751. The zero-order chi connectivity index (χ0) is 17.6. The molecule has 0 unspecified atom stereocenters. The number of hydrogen-bond acceptors (Lipinski definition) is 3. The summed E-state index contributed by atoms with van der Waals surface area (Å²) in [6, 6.07) is 15.9. The fourth-order valence-corrected chi connectivity index (χ4v) is 3.03. The lowest BCUT2D eigenvalue weighted by Gasteiger charge is -2.23. The molecule has 0 atom stereocenters. The van der Waals surface area contributed by atoms with E-state index in [1.807, 2.05) is 12.1 Å². The molecule has 0 aliphatic carbocycles. The molecule has 0 spiro atoms. The molecule has 130 valence electrons. The molecule has 6 nitrogen and oxygen atoms in total. The number of carbonyl (C=O) groups is 2. The average molecular weight is 339 g/mol. The molecule has 3 rings (SSSR count). The molecular formula is C19H21N3O3. The highest BCUT2D eigenvalue weighted by Crippen LogP contribution is 2.25. The van der Waals surface area contributed by atoms with E-state index in [9.17, 15) is 14.7 Å². The Hall–Kier alpha value is -2.86. The molecule has 1 aliphatic rings. The summed E-state index contributed by atoms with van der Waals surface area (Å²) in [5.41, 5.74) is 4.47. The minimum Gasteiger partial charge on any atom is -0.463 e. The molecule has 2 aromatic carbocycles. The molecule has 1 saturated heterocycles. The Morgan fingerprint density at radius 1 is 1.00 bits per heavy atom. The van der Waals surface area contributed by atoms with Crippen molar-refractivity contribution in [3.05, 3.63) is 65.7 Å². The third-order valence-corrected chi connectivity index (χ3v) is 4.40. The third kappa shape index (κ3) is 4.16. The van der Waals surface area contributed by atoms with Gasteiger partial charge < -0.3 is 10.4 Å². The van der Waals surface area contributed by atoms with Crippen LogP contribution in [0.4, 0.5) is 10.5 Å². The molecule has 25 heavy (non-hydrogen) atoms. The van der Waals surface area contributed by atoms with Crippen LogP contribution in [-0.2, 0) is 0 Å². The normalized spacial score (nSPS) is 14.7. The number of benzene rings is 2. The van der Waals surface area contributed by atoms with Gasteiger partial charge in [-0.2, -0.15) is 5.01 Å². The van der Waals surface area contributed by atoms with Gasteiger partial charge in [-0.3, -0.25) is 10.2 Å². The Morgan fingerprint density at radius 3 is 2.24 bits per heavy atom. The summed E-state index contributed by atoms with van der Waals surface area (Å²) < 4.78 is 0. The second-order valence-corrected chi connectivity index (χ2v) is 6.04. The molecule has 3 N–H and O–H groups in total. The second-order valence-electron chi connectivity index (χ2n) is 6.04. The van der Waals surface area contributed by atoms with E-state index in [1.165, 1.54) is 5.56 Å². The lowest BCUT2D eigenvalue weighted by molar-refractivity contribution is 0.0944. The van der Waals surface area contributed by atoms with Gasteiger partial charge >= 0.3 is 6.09 Å². The lowest BCUT2D eigenvalue weighted by Crippen LogP contribution is -2.45. The van der Waals surface area contributed by atoms with E-state index in [0.717, 1.165) is 30.9 Å². The zero-order valence-corrected chi connectivity index (χ0v) is 13.8. The minimum atomic E-state index is -1.24. The van der Waals surface area contributed by atoms with Crippen LogP contribution in [0.5, 0.6) is 0 Å². The highest BCUT2D eigenvalue weighted by atomic mass is 16.4. The van der Waals surface area contributed by atoms with Crippen LogP contribution in [0.15, 0.2) is 54.6 Å². The Balaban J connectivity index is 1.70. The molecule has 0 bridgehead atoms. The summed E-state index contributed by atoms with van der Waals surface area (Å²) in [7, 11) is 0.